The molecule has 0 aliphatic rings. The standard InChI is InChI=1S/C23H23F3O2S.2C3H8.CHF3.CH3NO.CH2O2/c1-4-6-20(21-7-5-12-29-21)27-19-13-15(2)22(16(3)14-19)17-8-10-18(11-9-17)28-23(24,25)26;2*1-3-2;2-1(3)4;2*2-1-3/h5,7-14,20H,4,6H2,1-3H3;2*3H2,1-2H3;1H;1H,(H2,2,3);1H,(H,2,3). The maximum atomic E-state index is 12.4. The fourth-order valence-electron chi connectivity index (χ4n) is 3.43. The Balaban J connectivity index is -0.000000924. The van der Waals surface area contributed by atoms with Crippen LogP contribution in [-0.2, 0) is 9.59 Å². The van der Waals surface area contributed by atoms with E-state index < -0.39 is 13.0 Å². The van der Waals surface area contributed by atoms with Crippen molar-refractivity contribution in [1.82, 2.24) is 0 Å². The summed E-state index contributed by atoms with van der Waals surface area (Å²) in [6.07, 6.45) is 0.0269. The molecule has 45 heavy (non-hydrogen) atoms. The van der Waals surface area contributed by atoms with E-state index >= 15 is 0 Å². The van der Waals surface area contributed by atoms with Gasteiger partial charge in [-0.2, -0.15) is 13.2 Å². The molecule has 3 rings (SSSR count). The summed E-state index contributed by atoms with van der Waals surface area (Å²) in [7, 11) is 0. The number of alkyl halides is 6. The lowest BCUT2D eigenvalue weighted by molar-refractivity contribution is -0.274. The summed E-state index contributed by atoms with van der Waals surface area (Å²) in [6, 6.07) is 14.0. The lowest BCUT2D eigenvalue weighted by Crippen LogP contribution is -2.16. The maximum absolute atomic E-state index is 12.4. The second-order valence-corrected chi connectivity index (χ2v) is 9.80. The van der Waals surface area contributed by atoms with Gasteiger partial charge in [0.25, 0.3) is 6.47 Å². The molecule has 13 heteroatoms. The fraction of sp³-hybridized carbons (Fsp3) is 0.438. The Labute approximate surface area is 266 Å². The molecule has 1 aromatic heterocycles. The summed E-state index contributed by atoms with van der Waals surface area (Å²) in [5, 5.41) is 8.94. The summed E-state index contributed by atoms with van der Waals surface area (Å²) >= 11 is 1.69. The molecule has 1 atom stereocenters. The van der Waals surface area contributed by atoms with E-state index in [0.29, 0.717) is 0 Å². The van der Waals surface area contributed by atoms with Crippen LogP contribution >= 0.6 is 11.3 Å². The molecule has 3 aromatic rings. The number of nitrogens with two attached hydrogens (primary N) is 1. The van der Waals surface area contributed by atoms with Gasteiger partial charge in [0, 0.05) is 4.88 Å². The third-order valence-corrected chi connectivity index (χ3v) is 5.54. The lowest BCUT2D eigenvalue weighted by atomic mass is 9.95. The number of carbonyl (C=O) groups excluding carboxylic acids is 1. The van der Waals surface area contributed by atoms with Crippen LogP contribution < -0.4 is 15.2 Å². The molecule has 0 aliphatic carbocycles. The highest BCUT2D eigenvalue weighted by molar-refractivity contribution is 7.10. The van der Waals surface area contributed by atoms with Crippen molar-refractivity contribution in [2.24, 2.45) is 5.73 Å². The third kappa shape index (κ3) is 24.3. The van der Waals surface area contributed by atoms with E-state index in [-0.39, 0.29) is 24.7 Å². The van der Waals surface area contributed by atoms with E-state index in [2.05, 4.69) is 51.2 Å². The number of thiophene rings is 1. The van der Waals surface area contributed by atoms with Crippen LogP contribution in [-0.4, -0.2) is 31.0 Å². The van der Waals surface area contributed by atoms with Gasteiger partial charge in [0.1, 0.15) is 17.6 Å². The van der Waals surface area contributed by atoms with Gasteiger partial charge >= 0.3 is 13.0 Å². The van der Waals surface area contributed by atoms with Crippen molar-refractivity contribution in [3.63, 3.8) is 0 Å². The average Bonchev–Trinajstić information content (AvgIpc) is 3.45. The minimum atomic E-state index is -4.69. The van der Waals surface area contributed by atoms with Gasteiger partial charge in [0.05, 0.1) is 0 Å². The summed E-state index contributed by atoms with van der Waals surface area (Å²) in [5.41, 5.74) is 8.00. The van der Waals surface area contributed by atoms with E-state index in [4.69, 9.17) is 19.4 Å². The number of amides is 1. The van der Waals surface area contributed by atoms with Gasteiger partial charge in [-0.25, -0.2) is 0 Å². The van der Waals surface area contributed by atoms with Gasteiger partial charge in [0.15, 0.2) is 0 Å². The molecule has 2 aromatic carbocycles. The highest BCUT2D eigenvalue weighted by atomic mass is 32.1. The van der Waals surface area contributed by atoms with Gasteiger partial charge in [-0.1, -0.05) is 72.1 Å². The van der Waals surface area contributed by atoms with Crippen molar-refractivity contribution >= 4 is 24.2 Å². The van der Waals surface area contributed by atoms with Crippen LogP contribution in [0.3, 0.4) is 0 Å². The molecule has 1 heterocycles. The quantitative estimate of drug-likeness (QED) is 0.193. The van der Waals surface area contributed by atoms with Crippen LogP contribution in [0.15, 0.2) is 53.9 Å². The molecule has 1 unspecified atom stereocenters. The van der Waals surface area contributed by atoms with E-state index in [0.717, 1.165) is 40.8 Å². The van der Waals surface area contributed by atoms with Crippen LogP contribution in [0.25, 0.3) is 11.1 Å². The Bertz CT molecular complexity index is 1090. The second kappa shape index (κ2) is 27.8. The fourth-order valence-corrected chi connectivity index (χ4v) is 4.22. The van der Waals surface area contributed by atoms with Crippen LogP contribution in [0, 0.1) is 13.8 Å². The Morgan fingerprint density at radius 1 is 0.889 bits per heavy atom. The molecule has 0 radical (unpaired) electrons. The Morgan fingerprint density at radius 2 is 1.31 bits per heavy atom. The van der Waals surface area contributed by atoms with Gasteiger partial charge in [-0.05, 0) is 78.2 Å². The Morgan fingerprint density at radius 3 is 1.64 bits per heavy atom. The number of carbonyl (C=O) groups is 2. The molecular formula is C32H45F6NO5S. The first-order valence-corrected chi connectivity index (χ1v) is 14.9. The minimum absolute atomic E-state index is 0.0171. The highest BCUT2D eigenvalue weighted by Crippen LogP contribution is 2.35. The highest BCUT2D eigenvalue weighted by Gasteiger charge is 2.31. The number of aryl methyl sites for hydroxylation is 2. The number of ether oxygens (including phenoxy) is 2. The Kier molecular flexibility index (Phi) is 28.2. The molecule has 0 fully saturated rings. The maximum Gasteiger partial charge on any atom is 0.573 e. The normalized spacial score (nSPS) is 10.3. The number of primary amides is 1. The van der Waals surface area contributed by atoms with Crippen molar-refractivity contribution in [3.8, 4) is 22.6 Å². The molecule has 0 spiro atoms. The number of carboxylic acid groups (broad SMARTS) is 1. The molecule has 0 bridgehead atoms. The molecule has 1 amide bonds. The number of benzene rings is 2. The minimum Gasteiger partial charge on any atom is -0.485 e. The first kappa shape index (κ1) is 45.7. The van der Waals surface area contributed by atoms with E-state index in [9.17, 15) is 26.3 Å². The predicted molar refractivity (Wildman–Crippen MR) is 169 cm³/mol. The summed E-state index contributed by atoms with van der Waals surface area (Å²) < 4.78 is 76.3. The zero-order valence-corrected chi connectivity index (χ0v) is 27.5. The monoisotopic (exact) mass is 669 g/mol. The summed E-state index contributed by atoms with van der Waals surface area (Å²) in [5.74, 6) is 0.572. The smallest absolute Gasteiger partial charge is 0.485 e. The number of hydrogen-bond donors (Lipinski definition) is 2. The molecular weight excluding hydrogens is 624 g/mol. The van der Waals surface area contributed by atoms with Crippen LogP contribution in [0.4, 0.5) is 26.3 Å². The van der Waals surface area contributed by atoms with Gasteiger partial charge in [0.2, 0.25) is 6.41 Å². The zero-order valence-electron chi connectivity index (χ0n) is 26.7. The SMILES string of the molecule is CCC.CCC.CCCC(Oc1cc(C)c(-c2ccc(OC(F)(F)F)cc2)c(C)c1)c1cccs1.FC(F)F.NC=O.O=CO. The molecule has 0 saturated heterocycles. The number of hydrogen-bond acceptors (Lipinski definition) is 5. The van der Waals surface area contributed by atoms with E-state index in [1.165, 1.54) is 29.9 Å². The van der Waals surface area contributed by atoms with E-state index in [1.807, 2.05) is 37.4 Å². The van der Waals surface area contributed by atoms with Crippen LogP contribution in [0.2, 0.25) is 0 Å². The van der Waals surface area contributed by atoms with Crippen LogP contribution in [0.5, 0.6) is 11.5 Å². The number of halogens is 6. The molecule has 0 saturated carbocycles. The molecule has 0 aliphatic heterocycles. The van der Waals surface area contributed by atoms with Crippen molar-refractivity contribution < 1.29 is 50.5 Å². The molecule has 6 nitrogen and oxygen atoms in total. The van der Waals surface area contributed by atoms with Crippen LogP contribution in [0.1, 0.15) is 82.4 Å². The summed E-state index contributed by atoms with van der Waals surface area (Å²) in [4.78, 5) is 18.1. The third-order valence-electron chi connectivity index (χ3n) is 4.57. The average molecular weight is 670 g/mol. The summed E-state index contributed by atoms with van der Waals surface area (Å²) in [6.45, 7) is 10.7. The van der Waals surface area contributed by atoms with Crippen molar-refractivity contribution in [2.75, 3.05) is 0 Å². The zero-order chi connectivity index (χ0) is 35.4. The van der Waals surface area contributed by atoms with Crippen molar-refractivity contribution in [1.29, 1.82) is 0 Å². The van der Waals surface area contributed by atoms with E-state index in [1.54, 1.807) is 23.5 Å². The van der Waals surface area contributed by atoms with Gasteiger partial charge < -0.3 is 20.3 Å². The van der Waals surface area contributed by atoms with Gasteiger partial charge in [-0.3, -0.25) is 9.59 Å². The van der Waals surface area contributed by atoms with Gasteiger partial charge in [-0.15, -0.1) is 24.5 Å². The first-order chi connectivity index (χ1) is 21.2. The molecule has 3 N–H and O–H groups in total. The predicted octanol–water partition coefficient (Wildman–Crippen LogP) is 10.7. The molecule has 256 valence electrons. The Hall–Kier alpha value is -3.74. The largest absolute Gasteiger partial charge is 0.573 e. The number of rotatable bonds is 7. The van der Waals surface area contributed by atoms with Crippen molar-refractivity contribution in [3.05, 3.63) is 69.9 Å². The lowest BCUT2D eigenvalue weighted by Gasteiger charge is -2.20. The van der Waals surface area contributed by atoms with Crippen molar-refractivity contribution in [2.45, 2.75) is 93.3 Å². The second-order valence-electron chi connectivity index (χ2n) is 8.82. The first-order valence-electron chi connectivity index (χ1n) is 14.0. The topological polar surface area (TPSA) is 98.9 Å².